The minimum Gasteiger partial charge on any atom is -0.460 e. The van der Waals surface area contributed by atoms with Gasteiger partial charge in [0, 0.05) is 12.2 Å². The number of esters is 1. The Balaban J connectivity index is 1.21. The molecule has 0 bridgehead atoms. The molecule has 0 unspecified atom stereocenters. The Kier molecular flexibility index (Phi) is 24.7. The maximum absolute atomic E-state index is 12.1. The molecule has 11 heteroatoms. The molecule has 1 N–H and O–H groups in total. The van der Waals surface area contributed by atoms with Crippen LogP contribution in [-0.2, 0) is 49.2 Å². The number of rotatable bonds is 31. The van der Waals surface area contributed by atoms with E-state index in [1.54, 1.807) is 12.1 Å². The first-order valence-corrected chi connectivity index (χ1v) is 16.0. The molecule has 0 saturated heterocycles. The summed E-state index contributed by atoms with van der Waals surface area (Å²) in [5.41, 5.74) is 2.68. The molecule has 0 aliphatic heterocycles. The first kappa shape index (κ1) is 38.6. The minimum absolute atomic E-state index is 0.194. The molecule has 0 radical (unpaired) electrons. The van der Waals surface area contributed by atoms with Crippen molar-refractivity contribution in [2.24, 2.45) is 0 Å². The van der Waals surface area contributed by atoms with E-state index in [1.165, 1.54) is 0 Å². The smallest absolute Gasteiger partial charge is 0.338 e. The summed E-state index contributed by atoms with van der Waals surface area (Å²) in [6, 6.07) is 17.4. The van der Waals surface area contributed by atoms with Crippen LogP contribution in [0.2, 0.25) is 0 Å². The summed E-state index contributed by atoms with van der Waals surface area (Å²) in [5.74, 6) is -0.358. The molecule has 0 heterocycles. The van der Waals surface area contributed by atoms with Gasteiger partial charge in [-0.2, -0.15) is 0 Å². The largest absolute Gasteiger partial charge is 0.460 e. The van der Waals surface area contributed by atoms with Gasteiger partial charge in [0.2, 0.25) is 0 Å². The van der Waals surface area contributed by atoms with Crippen molar-refractivity contribution in [3.05, 3.63) is 65.7 Å². The summed E-state index contributed by atoms with van der Waals surface area (Å²) in [6.45, 7) is 11.2. The maximum Gasteiger partial charge on any atom is 0.338 e. The molecule has 2 rings (SSSR count). The molecular formula is C34H53NO10. The molecule has 0 aromatic heterocycles. The van der Waals surface area contributed by atoms with Gasteiger partial charge < -0.3 is 47.9 Å². The first-order chi connectivity index (χ1) is 22.3. The normalized spacial score (nSPS) is 11.1. The number of ether oxygens (including phenoxy) is 9. The van der Waals surface area contributed by atoms with E-state index >= 15 is 0 Å². The number of hydrogen-bond acceptors (Lipinski definition) is 11. The maximum atomic E-state index is 12.1. The summed E-state index contributed by atoms with van der Waals surface area (Å²) < 4.78 is 49.1. The molecule has 2 aromatic rings. The Hall–Kier alpha value is -2.61. The third kappa shape index (κ3) is 22.5. The highest BCUT2D eigenvalue weighted by Gasteiger charge is 2.06. The number of anilines is 1. The summed E-state index contributed by atoms with van der Waals surface area (Å²) in [7, 11) is 0. The lowest BCUT2D eigenvalue weighted by molar-refractivity contribution is -0.0247. The van der Waals surface area contributed by atoms with E-state index in [9.17, 15) is 4.79 Å². The molecular weight excluding hydrogens is 582 g/mol. The quantitative estimate of drug-likeness (QED) is 0.0941. The van der Waals surface area contributed by atoms with Gasteiger partial charge in [-0.15, -0.1) is 0 Å². The van der Waals surface area contributed by atoms with Crippen LogP contribution in [0.4, 0.5) is 5.69 Å². The van der Waals surface area contributed by atoms with Gasteiger partial charge in [-0.3, -0.25) is 0 Å². The molecule has 0 atom stereocenters. The zero-order valence-electron chi connectivity index (χ0n) is 26.9. The third-order valence-corrected chi connectivity index (χ3v) is 6.16. The standard InChI is InChI=1S/C34H53NO10/c1-2-3-13-35-33-11-9-32(10-12-33)34(36)45-29-28-43-25-24-41-21-20-39-17-16-37-14-15-38-18-19-40-22-23-42-26-27-44-30-31-7-5-4-6-8-31/h4-12,35H,2-3,13-30H2,1H3. The van der Waals surface area contributed by atoms with E-state index in [-0.39, 0.29) is 12.6 Å². The molecule has 0 aliphatic rings. The van der Waals surface area contributed by atoms with Crippen molar-refractivity contribution in [3.63, 3.8) is 0 Å². The molecule has 254 valence electrons. The van der Waals surface area contributed by atoms with Crippen molar-refractivity contribution in [1.82, 2.24) is 0 Å². The molecule has 0 fully saturated rings. The lowest BCUT2D eigenvalue weighted by Crippen LogP contribution is -2.15. The summed E-state index contributed by atoms with van der Waals surface area (Å²) in [6.07, 6.45) is 2.25. The number of benzene rings is 2. The number of carbonyl (C=O) groups is 1. The highest BCUT2D eigenvalue weighted by atomic mass is 16.6. The van der Waals surface area contributed by atoms with Crippen molar-refractivity contribution < 1.29 is 47.4 Å². The molecule has 0 amide bonds. The summed E-state index contributed by atoms with van der Waals surface area (Å²) >= 11 is 0. The van der Waals surface area contributed by atoms with Crippen LogP contribution in [0.25, 0.3) is 0 Å². The fourth-order valence-corrected chi connectivity index (χ4v) is 3.71. The molecule has 0 saturated carbocycles. The van der Waals surface area contributed by atoms with Crippen LogP contribution in [-0.4, -0.2) is 118 Å². The fourth-order valence-electron chi connectivity index (χ4n) is 3.71. The number of unbranched alkanes of at least 4 members (excludes halogenated alkanes) is 1. The Morgan fingerprint density at radius 3 is 1.40 bits per heavy atom. The second kappa shape index (κ2) is 28.8. The average molecular weight is 636 g/mol. The second-order valence-electron chi connectivity index (χ2n) is 9.82. The van der Waals surface area contributed by atoms with Crippen molar-refractivity contribution in [2.45, 2.75) is 26.4 Å². The third-order valence-electron chi connectivity index (χ3n) is 6.16. The van der Waals surface area contributed by atoms with Gasteiger partial charge >= 0.3 is 5.97 Å². The molecule has 2 aromatic carbocycles. The van der Waals surface area contributed by atoms with E-state index in [0.29, 0.717) is 111 Å². The topological polar surface area (TPSA) is 112 Å². The highest BCUT2D eigenvalue weighted by Crippen LogP contribution is 2.11. The molecule has 45 heavy (non-hydrogen) atoms. The van der Waals surface area contributed by atoms with Gasteiger partial charge in [0.15, 0.2) is 0 Å². The van der Waals surface area contributed by atoms with Gasteiger partial charge in [-0.25, -0.2) is 4.79 Å². The van der Waals surface area contributed by atoms with Gasteiger partial charge in [0.05, 0.1) is 111 Å². The lowest BCUT2D eigenvalue weighted by atomic mass is 10.2. The monoisotopic (exact) mass is 635 g/mol. The second-order valence-corrected chi connectivity index (χ2v) is 9.82. The lowest BCUT2D eigenvalue weighted by Gasteiger charge is -2.09. The van der Waals surface area contributed by atoms with Crippen LogP contribution >= 0.6 is 0 Å². The van der Waals surface area contributed by atoms with E-state index < -0.39 is 0 Å². The van der Waals surface area contributed by atoms with Crippen LogP contribution in [0.15, 0.2) is 54.6 Å². The van der Waals surface area contributed by atoms with E-state index in [1.807, 2.05) is 42.5 Å². The van der Waals surface area contributed by atoms with Gasteiger partial charge in [0.25, 0.3) is 0 Å². The predicted octanol–water partition coefficient (Wildman–Crippen LogP) is 4.39. The predicted molar refractivity (Wildman–Crippen MR) is 172 cm³/mol. The first-order valence-electron chi connectivity index (χ1n) is 16.0. The van der Waals surface area contributed by atoms with Crippen LogP contribution in [0.5, 0.6) is 0 Å². The fraction of sp³-hybridized carbons (Fsp3) is 0.618. The van der Waals surface area contributed by atoms with Crippen molar-refractivity contribution in [3.8, 4) is 0 Å². The Morgan fingerprint density at radius 2 is 0.956 bits per heavy atom. The Morgan fingerprint density at radius 1 is 0.533 bits per heavy atom. The molecule has 11 nitrogen and oxygen atoms in total. The highest BCUT2D eigenvalue weighted by molar-refractivity contribution is 5.89. The van der Waals surface area contributed by atoms with Gasteiger partial charge in [-0.1, -0.05) is 43.7 Å². The van der Waals surface area contributed by atoms with E-state index in [4.69, 9.17) is 42.6 Å². The van der Waals surface area contributed by atoms with E-state index in [0.717, 1.165) is 30.6 Å². The van der Waals surface area contributed by atoms with Crippen LogP contribution in [0.3, 0.4) is 0 Å². The van der Waals surface area contributed by atoms with Crippen LogP contribution < -0.4 is 5.32 Å². The van der Waals surface area contributed by atoms with Crippen molar-refractivity contribution in [2.75, 3.05) is 118 Å². The van der Waals surface area contributed by atoms with Crippen LogP contribution in [0, 0.1) is 0 Å². The zero-order chi connectivity index (χ0) is 31.9. The van der Waals surface area contributed by atoms with Crippen molar-refractivity contribution in [1.29, 1.82) is 0 Å². The van der Waals surface area contributed by atoms with Crippen LogP contribution in [0.1, 0.15) is 35.7 Å². The summed E-state index contributed by atoms with van der Waals surface area (Å²) in [5, 5.41) is 3.32. The molecule has 0 spiro atoms. The minimum atomic E-state index is -0.358. The van der Waals surface area contributed by atoms with Gasteiger partial charge in [-0.05, 0) is 36.2 Å². The summed E-state index contributed by atoms with van der Waals surface area (Å²) in [4.78, 5) is 12.1. The SMILES string of the molecule is CCCCNc1ccc(C(=O)OCCOCCOCCOCCOCCOCCOCCOCCOCc2ccccc2)cc1. The number of hydrogen-bond donors (Lipinski definition) is 1. The Bertz CT molecular complexity index is 932. The van der Waals surface area contributed by atoms with Crippen molar-refractivity contribution >= 4 is 11.7 Å². The average Bonchev–Trinajstić information content (AvgIpc) is 3.07. The molecule has 0 aliphatic carbocycles. The van der Waals surface area contributed by atoms with Gasteiger partial charge in [0.1, 0.15) is 6.61 Å². The Labute approximate surface area is 268 Å². The number of nitrogens with one attached hydrogen (secondary N) is 1. The van der Waals surface area contributed by atoms with E-state index in [2.05, 4.69) is 12.2 Å². The zero-order valence-corrected chi connectivity index (χ0v) is 26.9. The number of carbonyl (C=O) groups excluding carboxylic acids is 1.